The van der Waals surface area contributed by atoms with Gasteiger partial charge in [-0.25, -0.2) is 4.79 Å². The van der Waals surface area contributed by atoms with Gasteiger partial charge in [0, 0.05) is 11.1 Å². The Hall–Kier alpha value is -2.40. The summed E-state index contributed by atoms with van der Waals surface area (Å²) >= 11 is 0.278. The van der Waals surface area contributed by atoms with Crippen LogP contribution in [-0.4, -0.2) is 15.3 Å². The molecular formula is C12H7F2N3O2S. The molecule has 2 aromatic rings. The molecule has 1 aromatic carbocycles. The molecule has 0 saturated heterocycles. The maximum atomic E-state index is 12.5. The Morgan fingerprint density at radius 3 is 2.65 bits per heavy atom. The number of para-hydroxylation sites is 1. The summed E-state index contributed by atoms with van der Waals surface area (Å²) in [5.41, 5.74) is -1.71. The molecule has 1 N–H and O–H groups in total. The number of halogens is 2. The highest BCUT2D eigenvalue weighted by atomic mass is 32.2. The number of H-pyrrole nitrogens is 1. The van der Waals surface area contributed by atoms with Crippen molar-refractivity contribution in [1.82, 2.24) is 9.55 Å². The summed E-state index contributed by atoms with van der Waals surface area (Å²) in [4.78, 5) is 25.2. The molecule has 1 aromatic heterocycles. The van der Waals surface area contributed by atoms with Gasteiger partial charge in [0.15, 0.2) is 0 Å². The highest BCUT2D eigenvalue weighted by Crippen LogP contribution is 2.29. The third-order valence-electron chi connectivity index (χ3n) is 2.40. The van der Waals surface area contributed by atoms with Crippen LogP contribution >= 0.6 is 11.8 Å². The average molecular weight is 295 g/mol. The molecule has 0 bridgehead atoms. The molecule has 0 spiro atoms. The van der Waals surface area contributed by atoms with Crippen LogP contribution in [0.15, 0.2) is 44.9 Å². The van der Waals surface area contributed by atoms with Crippen LogP contribution < -0.4 is 11.2 Å². The third-order valence-corrected chi connectivity index (χ3v) is 3.18. The largest absolute Gasteiger partial charge is 0.333 e. The van der Waals surface area contributed by atoms with E-state index in [9.17, 15) is 18.4 Å². The number of hydrogen-bond donors (Lipinski definition) is 1. The van der Waals surface area contributed by atoms with Crippen LogP contribution in [-0.2, 0) is 0 Å². The molecule has 0 atom stereocenters. The Morgan fingerprint density at radius 2 is 2.00 bits per heavy atom. The van der Waals surface area contributed by atoms with E-state index in [1.807, 2.05) is 4.98 Å². The lowest BCUT2D eigenvalue weighted by Crippen LogP contribution is -2.30. The Kier molecular flexibility index (Phi) is 4.00. The minimum atomic E-state index is -2.65. The quantitative estimate of drug-likeness (QED) is 0.874. The van der Waals surface area contributed by atoms with Crippen molar-refractivity contribution in [3.8, 4) is 11.8 Å². The zero-order valence-corrected chi connectivity index (χ0v) is 10.7. The van der Waals surface area contributed by atoms with Gasteiger partial charge >= 0.3 is 5.69 Å². The fraction of sp³-hybridized carbons (Fsp3) is 0.0833. The van der Waals surface area contributed by atoms with E-state index in [4.69, 9.17) is 5.26 Å². The van der Waals surface area contributed by atoms with Gasteiger partial charge in [-0.15, -0.1) is 0 Å². The van der Waals surface area contributed by atoms with E-state index >= 15 is 0 Å². The standard InChI is InChI=1S/C12H7F2N3O2S/c13-11(14)20-9-4-2-1-3-8(9)17-6-7(5-15)10(18)16-12(17)19/h1-4,6,11H,(H,16,18,19). The van der Waals surface area contributed by atoms with E-state index in [1.54, 1.807) is 18.2 Å². The lowest BCUT2D eigenvalue weighted by Gasteiger charge is -2.10. The molecule has 2 rings (SSSR count). The monoisotopic (exact) mass is 295 g/mol. The smallest absolute Gasteiger partial charge is 0.273 e. The maximum Gasteiger partial charge on any atom is 0.333 e. The van der Waals surface area contributed by atoms with Crippen molar-refractivity contribution in [1.29, 1.82) is 5.26 Å². The number of aromatic nitrogens is 2. The number of alkyl halides is 2. The highest BCUT2D eigenvalue weighted by molar-refractivity contribution is 7.99. The fourth-order valence-electron chi connectivity index (χ4n) is 1.58. The summed E-state index contributed by atoms with van der Waals surface area (Å²) in [6, 6.07) is 7.63. The summed E-state index contributed by atoms with van der Waals surface area (Å²) in [6.07, 6.45) is 1.03. The van der Waals surface area contributed by atoms with Gasteiger partial charge in [-0.2, -0.15) is 14.0 Å². The van der Waals surface area contributed by atoms with Crippen molar-refractivity contribution in [2.45, 2.75) is 10.7 Å². The number of nitriles is 1. The lowest BCUT2D eigenvalue weighted by molar-refractivity contribution is 0.252. The van der Waals surface area contributed by atoms with Crippen LogP contribution in [0.25, 0.3) is 5.69 Å². The van der Waals surface area contributed by atoms with Crippen LogP contribution in [0, 0.1) is 11.3 Å². The number of thioether (sulfide) groups is 1. The molecule has 0 aliphatic heterocycles. The second-order valence-electron chi connectivity index (χ2n) is 3.63. The predicted molar refractivity (Wildman–Crippen MR) is 69.2 cm³/mol. The van der Waals surface area contributed by atoms with E-state index in [-0.39, 0.29) is 27.9 Å². The average Bonchev–Trinajstić information content (AvgIpc) is 2.39. The molecule has 0 amide bonds. The normalized spacial score (nSPS) is 10.5. The van der Waals surface area contributed by atoms with E-state index in [2.05, 4.69) is 0 Å². The van der Waals surface area contributed by atoms with Crippen LogP contribution in [0.1, 0.15) is 5.56 Å². The first kappa shape index (κ1) is 14.0. The minimum absolute atomic E-state index is 0.167. The van der Waals surface area contributed by atoms with Crippen molar-refractivity contribution >= 4 is 11.8 Å². The number of nitrogens with one attached hydrogen (secondary N) is 1. The number of benzene rings is 1. The first-order valence-electron chi connectivity index (χ1n) is 5.33. The third kappa shape index (κ3) is 2.78. The van der Waals surface area contributed by atoms with Gasteiger partial charge in [0.1, 0.15) is 11.6 Å². The molecule has 0 fully saturated rings. The zero-order valence-electron chi connectivity index (χ0n) is 9.84. The molecular weight excluding hydrogens is 288 g/mol. The van der Waals surface area contributed by atoms with E-state index in [0.29, 0.717) is 0 Å². The Labute approximate surface area is 115 Å². The van der Waals surface area contributed by atoms with E-state index < -0.39 is 17.0 Å². The summed E-state index contributed by atoms with van der Waals surface area (Å²) < 4.78 is 25.9. The molecule has 102 valence electrons. The topological polar surface area (TPSA) is 78.7 Å². The minimum Gasteiger partial charge on any atom is -0.273 e. The van der Waals surface area contributed by atoms with Gasteiger partial charge in [0.05, 0.1) is 5.69 Å². The molecule has 1 heterocycles. The summed E-state index contributed by atoms with van der Waals surface area (Å²) in [7, 11) is 0. The molecule has 0 unspecified atom stereocenters. The van der Waals surface area contributed by atoms with Crippen molar-refractivity contribution in [2.75, 3.05) is 0 Å². The van der Waals surface area contributed by atoms with Gasteiger partial charge < -0.3 is 0 Å². The Bertz CT molecular complexity index is 792. The summed E-state index contributed by atoms with van der Waals surface area (Å²) in [6.45, 7) is 0. The Morgan fingerprint density at radius 1 is 1.30 bits per heavy atom. The number of aromatic amines is 1. The van der Waals surface area contributed by atoms with Crippen molar-refractivity contribution in [2.24, 2.45) is 0 Å². The number of hydrogen-bond acceptors (Lipinski definition) is 4. The van der Waals surface area contributed by atoms with E-state index in [1.165, 1.54) is 12.1 Å². The van der Waals surface area contributed by atoms with Crippen LogP contribution in [0.4, 0.5) is 8.78 Å². The van der Waals surface area contributed by atoms with Crippen LogP contribution in [0.5, 0.6) is 0 Å². The summed E-state index contributed by atoms with van der Waals surface area (Å²) in [5, 5.41) is 8.78. The van der Waals surface area contributed by atoms with Gasteiger partial charge in [0.25, 0.3) is 11.3 Å². The molecule has 0 aliphatic carbocycles. The molecule has 8 heteroatoms. The second-order valence-corrected chi connectivity index (χ2v) is 4.66. The maximum absolute atomic E-state index is 12.5. The highest BCUT2D eigenvalue weighted by Gasteiger charge is 2.13. The molecule has 0 aliphatic rings. The van der Waals surface area contributed by atoms with Crippen molar-refractivity contribution in [3.05, 3.63) is 56.9 Å². The van der Waals surface area contributed by atoms with Crippen LogP contribution in [0.3, 0.4) is 0 Å². The van der Waals surface area contributed by atoms with Gasteiger partial charge in [-0.05, 0) is 12.1 Å². The molecule has 0 radical (unpaired) electrons. The number of nitrogens with zero attached hydrogens (tertiary/aromatic N) is 2. The van der Waals surface area contributed by atoms with Crippen molar-refractivity contribution < 1.29 is 8.78 Å². The summed E-state index contributed by atoms with van der Waals surface area (Å²) in [5.74, 6) is -2.65. The molecule has 0 saturated carbocycles. The Balaban J connectivity index is 2.66. The van der Waals surface area contributed by atoms with Gasteiger partial charge in [0.2, 0.25) is 0 Å². The first-order chi connectivity index (χ1) is 9.52. The predicted octanol–water partition coefficient (Wildman–Crippen LogP) is 1.71. The number of rotatable bonds is 3. The SMILES string of the molecule is N#Cc1cn(-c2ccccc2SC(F)F)c(=O)[nH]c1=O. The molecule has 5 nitrogen and oxygen atoms in total. The fourth-order valence-corrected chi connectivity index (χ4v) is 2.22. The van der Waals surface area contributed by atoms with E-state index in [0.717, 1.165) is 10.8 Å². The van der Waals surface area contributed by atoms with Crippen molar-refractivity contribution in [3.63, 3.8) is 0 Å². The zero-order chi connectivity index (χ0) is 14.7. The first-order valence-corrected chi connectivity index (χ1v) is 6.21. The second kappa shape index (κ2) is 5.71. The van der Waals surface area contributed by atoms with Gasteiger partial charge in [-0.3, -0.25) is 14.3 Å². The van der Waals surface area contributed by atoms with Crippen LogP contribution in [0.2, 0.25) is 0 Å². The molecule has 20 heavy (non-hydrogen) atoms. The van der Waals surface area contributed by atoms with Gasteiger partial charge in [-0.1, -0.05) is 23.9 Å². The lowest BCUT2D eigenvalue weighted by atomic mass is 10.3.